The molecule has 0 saturated carbocycles. The van der Waals surface area contributed by atoms with Gasteiger partial charge in [0.15, 0.2) is 0 Å². The topological polar surface area (TPSA) is 119 Å². The van der Waals surface area contributed by atoms with Crippen molar-refractivity contribution in [3.05, 3.63) is 70.5 Å². The Balaban J connectivity index is 1.28. The summed E-state index contributed by atoms with van der Waals surface area (Å²) in [5.74, 6) is -0.157. The van der Waals surface area contributed by atoms with Crippen molar-refractivity contribution in [2.45, 2.75) is 12.8 Å². The van der Waals surface area contributed by atoms with Gasteiger partial charge < -0.3 is 26.0 Å². The average molecular weight is 525 g/mol. The zero-order valence-corrected chi connectivity index (χ0v) is 20.0. The quantitative estimate of drug-likeness (QED) is 0.354. The number of nitrogens with one attached hydrogen (secondary N) is 3. The van der Waals surface area contributed by atoms with Crippen LogP contribution in [0, 0.1) is 0 Å². The van der Waals surface area contributed by atoms with Crippen LogP contribution in [0.2, 0.25) is 0 Å². The number of likely N-dealkylation sites (tertiary alicyclic amines) is 1. The molecule has 1 fully saturated rings. The summed E-state index contributed by atoms with van der Waals surface area (Å²) in [5, 5.41) is 18.3. The second kappa shape index (κ2) is 11.1. The normalized spacial score (nSPS) is 13.4. The molecule has 0 atom stereocenters. The van der Waals surface area contributed by atoms with E-state index in [9.17, 15) is 14.7 Å². The van der Waals surface area contributed by atoms with Crippen molar-refractivity contribution in [1.82, 2.24) is 20.2 Å². The Hall–Kier alpha value is -3.50. The van der Waals surface area contributed by atoms with Gasteiger partial charge in [-0.05, 0) is 84.3 Å². The van der Waals surface area contributed by atoms with Gasteiger partial charge in [-0.15, -0.1) is 0 Å². The number of halogens is 1. The lowest BCUT2D eigenvalue weighted by Crippen LogP contribution is -2.33. The van der Waals surface area contributed by atoms with Gasteiger partial charge in [-0.25, -0.2) is 9.97 Å². The van der Waals surface area contributed by atoms with Crippen molar-refractivity contribution >= 4 is 45.1 Å². The van der Waals surface area contributed by atoms with Crippen molar-refractivity contribution in [2.24, 2.45) is 0 Å². The molecule has 34 heavy (non-hydrogen) atoms. The first kappa shape index (κ1) is 23.7. The van der Waals surface area contributed by atoms with Crippen molar-refractivity contribution in [3.63, 3.8) is 0 Å². The lowest BCUT2D eigenvalue weighted by molar-refractivity contribution is 0.0949. The largest absolute Gasteiger partial charge is 0.508 e. The monoisotopic (exact) mass is 524 g/mol. The maximum absolute atomic E-state index is 12.4. The fraction of sp³-hybridized carbons (Fsp3) is 0.250. The van der Waals surface area contributed by atoms with E-state index in [1.54, 1.807) is 30.3 Å². The Labute approximate surface area is 205 Å². The number of phenols is 1. The standard InChI is InChI=1S/C24H25BrN6O3/c25-21-8-7-19(32)13-20(21)23(34)29-18-14-27-24(28-15-18)30-17-5-3-16(4-6-17)22(33)26-9-12-31-10-1-2-11-31/h3-8,13-15,32H,1-2,9-12H2,(H,26,33)(H,29,34)(H,27,28,30). The van der Waals surface area contributed by atoms with Gasteiger partial charge in [0.25, 0.3) is 11.8 Å². The SMILES string of the molecule is O=C(NCCN1CCCC1)c1ccc(Nc2ncc(NC(=O)c3cc(O)ccc3Br)cn2)cc1. The number of nitrogens with zero attached hydrogens (tertiary/aromatic N) is 3. The highest BCUT2D eigenvalue weighted by molar-refractivity contribution is 9.10. The molecule has 1 aliphatic rings. The summed E-state index contributed by atoms with van der Waals surface area (Å²) >= 11 is 3.29. The highest BCUT2D eigenvalue weighted by atomic mass is 79.9. The molecule has 0 radical (unpaired) electrons. The second-order valence-electron chi connectivity index (χ2n) is 7.92. The zero-order valence-electron chi connectivity index (χ0n) is 18.4. The summed E-state index contributed by atoms with van der Waals surface area (Å²) in [6, 6.07) is 11.5. The van der Waals surface area contributed by atoms with E-state index >= 15 is 0 Å². The van der Waals surface area contributed by atoms with Crippen molar-refractivity contribution in [2.75, 3.05) is 36.8 Å². The minimum atomic E-state index is -0.402. The molecule has 1 aromatic heterocycles. The summed E-state index contributed by atoms with van der Waals surface area (Å²) in [6.45, 7) is 3.74. The molecule has 1 aliphatic heterocycles. The van der Waals surface area contributed by atoms with E-state index in [-0.39, 0.29) is 11.7 Å². The third kappa shape index (κ3) is 6.30. The van der Waals surface area contributed by atoms with E-state index in [4.69, 9.17) is 0 Å². The van der Waals surface area contributed by atoms with Gasteiger partial charge in [0.2, 0.25) is 5.95 Å². The first-order valence-electron chi connectivity index (χ1n) is 11.0. The smallest absolute Gasteiger partial charge is 0.257 e. The number of hydrogen-bond acceptors (Lipinski definition) is 7. The molecule has 9 nitrogen and oxygen atoms in total. The molecule has 10 heteroatoms. The third-order valence-corrected chi connectivity index (χ3v) is 6.11. The molecule has 0 unspecified atom stereocenters. The van der Waals surface area contributed by atoms with Gasteiger partial charge in [0.05, 0.1) is 23.6 Å². The van der Waals surface area contributed by atoms with Crippen LogP contribution in [0.1, 0.15) is 33.6 Å². The van der Waals surface area contributed by atoms with Crippen molar-refractivity contribution < 1.29 is 14.7 Å². The zero-order chi connectivity index (χ0) is 23.9. The maximum atomic E-state index is 12.4. The lowest BCUT2D eigenvalue weighted by atomic mass is 10.2. The Morgan fingerprint density at radius 1 is 0.971 bits per heavy atom. The number of phenolic OH excluding ortho intramolecular Hbond substituents is 1. The predicted octanol–water partition coefficient (Wildman–Crippen LogP) is 3.77. The van der Waals surface area contributed by atoms with E-state index in [2.05, 4.69) is 46.7 Å². The second-order valence-corrected chi connectivity index (χ2v) is 8.77. The van der Waals surface area contributed by atoms with Crippen LogP contribution in [0.25, 0.3) is 0 Å². The van der Waals surface area contributed by atoms with E-state index < -0.39 is 5.91 Å². The molecule has 176 valence electrons. The van der Waals surface area contributed by atoms with Gasteiger partial charge in [0.1, 0.15) is 5.75 Å². The number of carbonyl (C=O) groups excluding carboxylic acids is 2. The lowest BCUT2D eigenvalue weighted by Gasteiger charge is -2.14. The van der Waals surface area contributed by atoms with Crippen molar-refractivity contribution in [3.8, 4) is 5.75 Å². The van der Waals surface area contributed by atoms with Gasteiger partial charge in [-0.3, -0.25) is 9.59 Å². The van der Waals surface area contributed by atoms with Gasteiger partial charge in [0, 0.05) is 28.8 Å². The Morgan fingerprint density at radius 3 is 2.38 bits per heavy atom. The predicted molar refractivity (Wildman–Crippen MR) is 134 cm³/mol. The fourth-order valence-electron chi connectivity index (χ4n) is 3.61. The number of amides is 2. The van der Waals surface area contributed by atoms with Crippen LogP contribution in [-0.4, -0.2) is 58.0 Å². The fourth-order valence-corrected chi connectivity index (χ4v) is 4.04. The Morgan fingerprint density at radius 2 is 1.68 bits per heavy atom. The Bertz CT molecular complexity index is 1150. The number of rotatable bonds is 8. The first-order valence-corrected chi connectivity index (χ1v) is 11.8. The summed E-state index contributed by atoms with van der Waals surface area (Å²) in [4.78, 5) is 35.5. The van der Waals surface area contributed by atoms with Gasteiger partial charge in [-0.2, -0.15) is 0 Å². The van der Waals surface area contributed by atoms with Crippen molar-refractivity contribution in [1.29, 1.82) is 0 Å². The molecule has 2 aromatic carbocycles. The highest BCUT2D eigenvalue weighted by Crippen LogP contribution is 2.23. The summed E-state index contributed by atoms with van der Waals surface area (Å²) < 4.78 is 0.561. The summed E-state index contributed by atoms with van der Waals surface area (Å²) in [5.41, 5.74) is 2.02. The number of aromatic hydroxyl groups is 1. The molecule has 0 aliphatic carbocycles. The van der Waals surface area contributed by atoms with Crippen LogP contribution < -0.4 is 16.0 Å². The number of carbonyl (C=O) groups is 2. The van der Waals surface area contributed by atoms with Gasteiger partial charge >= 0.3 is 0 Å². The maximum Gasteiger partial charge on any atom is 0.257 e. The molecule has 3 aromatic rings. The number of anilines is 3. The van der Waals surface area contributed by atoms with Crippen LogP contribution in [0.4, 0.5) is 17.3 Å². The molecule has 0 bridgehead atoms. The number of aromatic nitrogens is 2. The van der Waals surface area contributed by atoms with Crippen LogP contribution in [0.3, 0.4) is 0 Å². The number of hydrogen-bond donors (Lipinski definition) is 4. The summed E-state index contributed by atoms with van der Waals surface area (Å²) in [7, 11) is 0. The Kier molecular flexibility index (Phi) is 7.71. The highest BCUT2D eigenvalue weighted by Gasteiger charge is 2.13. The van der Waals surface area contributed by atoms with E-state index in [1.807, 2.05) is 0 Å². The van der Waals surface area contributed by atoms with Crippen LogP contribution in [-0.2, 0) is 0 Å². The van der Waals surface area contributed by atoms with E-state index in [0.717, 1.165) is 25.3 Å². The molecule has 4 N–H and O–H groups in total. The first-order chi connectivity index (χ1) is 16.5. The number of benzene rings is 2. The average Bonchev–Trinajstić information content (AvgIpc) is 3.36. The summed E-state index contributed by atoms with van der Waals surface area (Å²) in [6.07, 6.45) is 5.43. The molecule has 0 spiro atoms. The van der Waals surface area contributed by atoms with Crippen LogP contribution >= 0.6 is 15.9 Å². The molecule has 2 heterocycles. The third-order valence-electron chi connectivity index (χ3n) is 5.42. The molecule has 2 amide bonds. The molecule has 1 saturated heterocycles. The molecular weight excluding hydrogens is 500 g/mol. The van der Waals surface area contributed by atoms with E-state index in [0.29, 0.717) is 33.8 Å². The minimum Gasteiger partial charge on any atom is -0.508 e. The molecule has 4 rings (SSSR count). The molecular formula is C24H25BrN6O3. The van der Waals surface area contributed by atoms with Crippen LogP contribution in [0.15, 0.2) is 59.3 Å². The van der Waals surface area contributed by atoms with E-state index in [1.165, 1.54) is 37.4 Å². The van der Waals surface area contributed by atoms with Crippen LogP contribution in [0.5, 0.6) is 5.75 Å². The van der Waals surface area contributed by atoms with Gasteiger partial charge in [-0.1, -0.05) is 0 Å². The minimum absolute atomic E-state index is 0.00488.